The molecule has 1 aromatic rings. The number of anilines is 1. The zero-order valence-corrected chi connectivity index (χ0v) is 10.8. The van der Waals surface area contributed by atoms with Gasteiger partial charge in [0.05, 0.1) is 5.69 Å². The second-order valence-corrected chi connectivity index (χ2v) is 5.22. The molecule has 3 N–H and O–H groups in total. The fourth-order valence-electron chi connectivity index (χ4n) is 1.87. The van der Waals surface area contributed by atoms with Crippen molar-refractivity contribution >= 4 is 28.5 Å². The van der Waals surface area contributed by atoms with E-state index < -0.39 is 18.0 Å². The average molecular weight is 269 g/mol. The number of carboxylic acid groups (broad SMARTS) is 1. The molecule has 1 atom stereocenters. The Morgan fingerprint density at radius 1 is 1.50 bits per heavy atom. The molecular formula is C11H15N3O3S. The molecule has 0 aromatic carbocycles. The van der Waals surface area contributed by atoms with Crippen LogP contribution in [0.15, 0.2) is 0 Å². The Hall–Kier alpha value is -1.63. The summed E-state index contributed by atoms with van der Waals surface area (Å²) in [5.41, 5.74) is 1.06. The summed E-state index contributed by atoms with van der Waals surface area (Å²) in [6, 6.07) is -1.38. The second-order valence-electron chi connectivity index (χ2n) is 4.14. The highest BCUT2D eigenvalue weighted by atomic mass is 32.1. The Morgan fingerprint density at radius 2 is 2.28 bits per heavy atom. The van der Waals surface area contributed by atoms with Crippen molar-refractivity contribution in [1.29, 1.82) is 0 Å². The fourth-order valence-corrected chi connectivity index (χ4v) is 2.92. The molecule has 1 aliphatic carbocycles. The number of nitrogens with zero attached hydrogens (tertiary/aromatic N) is 1. The number of fused-ring (bicyclic) bond motifs is 1. The van der Waals surface area contributed by atoms with Gasteiger partial charge in [-0.3, -0.25) is 5.32 Å². The summed E-state index contributed by atoms with van der Waals surface area (Å²) in [6.45, 7) is 1.71. The Labute approximate surface area is 108 Å². The highest BCUT2D eigenvalue weighted by Crippen LogP contribution is 2.30. The van der Waals surface area contributed by atoms with Crippen molar-refractivity contribution in [2.24, 2.45) is 0 Å². The number of aryl methyl sites for hydroxylation is 2. The number of aromatic nitrogens is 1. The van der Waals surface area contributed by atoms with Crippen LogP contribution in [-0.2, 0) is 17.6 Å². The molecule has 18 heavy (non-hydrogen) atoms. The van der Waals surface area contributed by atoms with E-state index in [2.05, 4.69) is 15.6 Å². The first-order valence-corrected chi connectivity index (χ1v) is 6.70. The summed E-state index contributed by atoms with van der Waals surface area (Å²) >= 11 is 1.46. The first-order valence-electron chi connectivity index (χ1n) is 5.89. The number of carbonyl (C=O) groups excluding carboxylic acids is 1. The zero-order chi connectivity index (χ0) is 13.1. The third-order valence-electron chi connectivity index (χ3n) is 2.83. The molecule has 7 heteroatoms. The van der Waals surface area contributed by atoms with Crippen molar-refractivity contribution in [3.05, 3.63) is 10.6 Å². The van der Waals surface area contributed by atoms with Gasteiger partial charge in [0.15, 0.2) is 5.13 Å². The third kappa shape index (κ3) is 2.79. The standard InChI is InChI=1S/C11H15N3O3S/c1-2-6(9(15)16)12-10(17)14-11-13-7-4-3-5-8(7)18-11/h6H,2-5H2,1H3,(H,15,16)(H2,12,13,14,17)/t6-/m1/s1. The summed E-state index contributed by atoms with van der Waals surface area (Å²) < 4.78 is 0. The quantitative estimate of drug-likeness (QED) is 0.774. The lowest BCUT2D eigenvalue weighted by molar-refractivity contribution is -0.139. The van der Waals surface area contributed by atoms with E-state index in [9.17, 15) is 9.59 Å². The van der Waals surface area contributed by atoms with Gasteiger partial charge in [0.2, 0.25) is 0 Å². The predicted molar refractivity (Wildman–Crippen MR) is 68.0 cm³/mol. The van der Waals surface area contributed by atoms with Crippen LogP contribution in [0.25, 0.3) is 0 Å². The van der Waals surface area contributed by atoms with Crippen molar-refractivity contribution < 1.29 is 14.7 Å². The Bertz CT molecular complexity index is 451. The molecule has 0 radical (unpaired) electrons. The molecule has 1 heterocycles. The topological polar surface area (TPSA) is 91.3 Å². The number of carboxylic acids is 1. The van der Waals surface area contributed by atoms with Gasteiger partial charge in [-0.15, -0.1) is 11.3 Å². The van der Waals surface area contributed by atoms with E-state index in [0.29, 0.717) is 11.6 Å². The summed E-state index contributed by atoms with van der Waals surface area (Å²) in [4.78, 5) is 27.9. The van der Waals surface area contributed by atoms with E-state index >= 15 is 0 Å². The van der Waals surface area contributed by atoms with Crippen LogP contribution in [0.1, 0.15) is 30.3 Å². The highest BCUT2D eigenvalue weighted by Gasteiger charge is 2.20. The lowest BCUT2D eigenvalue weighted by atomic mass is 10.2. The number of rotatable bonds is 4. The molecule has 0 spiro atoms. The molecule has 6 nitrogen and oxygen atoms in total. The highest BCUT2D eigenvalue weighted by molar-refractivity contribution is 7.15. The maximum absolute atomic E-state index is 11.6. The maximum Gasteiger partial charge on any atom is 0.326 e. The van der Waals surface area contributed by atoms with Gasteiger partial charge in [0.1, 0.15) is 6.04 Å². The number of nitrogens with one attached hydrogen (secondary N) is 2. The summed E-state index contributed by atoms with van der Waals surface area (Å²) in [6.07, 6.45) is 3.44. The van der Waals surface area contributed by atoms with Crippen molar-refractivity contribution in [3.8, 4) is 0 Å². The summed E-state index contributed by atoms with van der Waals surface area (Å²) in [5.74, 6) is -1.03. The van der Waals surface area contributed by atoms with Crippen LogP contribution < -0.4 is 10.6 Å². The molecule has 2 amide bonds. The number of hydrogen-bond donors (Lipinski definition) is 3. The van der Waals surface area contributed by atoms with E-state index in [4.69, 9.17) is 5.11 Å². The molecule has 0 saturated heterocycles. The Kier molecular flexibility index (Phi) is 3.81. The van der Waals surface area contributed by atoms with Crippen LogP contribution >= 0.6 is 11.3 Å². The molecule has 0 bridgehead atoms. The number of aliphatic carboxylic acids is 1. The normalized spacial score (nSPS) is 14.9. The largest absolute Gasteiger partial charge is 0.480 e. The van der Waals surface area contributed by atoms with Crippen LogP contribution in [0.5, 0.6) is 0 Å². The molecule has 98 valence electrons. The minimum absolute atomic E-state index is 0.344. The maximum atomic E-state index is 11.6. The minimum Gasteiger partial charge on any atom is -0.480 e. The SMILES string of the molecule is CC[C@@H](NC(=O)Nc1nc2c(s1)CCC2)C(=O)O. The van der Waals surface area contributed by atoms with Crippen molar-refractivity contribution in [2.45, 2.75) is 38.6 Å². The molecule has 0 aliphatic heterocycles. The van der Waals surface area contributed by atoms with Gasteiger partial charge < -0.3 is 10.4 Å². The zero-order valence-electron chi connectivity index (χ0n) is 10.0. The van der Waals surface area contributed by atoms with E-state index in [1.54, 1.807) is 6.92 Å². The van der Waals surface area contributed by atoms with E-state index in [1.807, 2.05) is 0 Å². The van der Waals surface area contributed by atoms with Crippen LogP contribution in [0.3, 0.4) is 0 Å². The monoisotopic (exact) mass is 269 g/mol. The minimum atomic E-state index is -1.03. The number of carbonyl (C=O) groups is 2. The van der Waals surface area contributed by atoms with Crippen LogP contribution in [-0.4, -0.2) is 28.1 Å². The smallest absolute Gasteiger partial charge is 0.326 e. The Morgan fingerprint density at radius 3 is 2.89 bits per heavy atom. The van der Waals surface area contributed by atoms with E-state index in [0.717, 1.165) is 25.0 Å². The van der Waals surface area contributed by atoms with Gasteiger partial charge >= 0.3 is 12.0 Å². The summed E-state index contributed by atoms with van der Waals surface area (Å²) in [5, 5.41) is 14.3. The van der Waals surface area contributed by atoms with Gasteiger partial charge in [-0.05, 0) is 25.7 Å². The third-order valence-corrected chi connectivity index (χ3v) is 3.90. The van der Waals surface area contributed by atoms with Crippen LogP contribution in [0, 0.1) is 0 Å². The van der Waals surface area contributed by atoms with Crippen molar-refractivity contribution in [1.82, 2.24) is 10.3 Å². The first kappa shape index (κ1) is 12.8. The molecule has 0 unspecified atom stereocenters. The van der Waals surface area contributed by atoms with E-state index in [-0.39, 0.29) is 0 Å². The number of thiazole rings is 1. The number of amides is 2. The molecular weight excluding hydrogens is 254 g/mol. The van der Waals surface area contributed by atoms with Crippen LogP contribution in [0.2, 0.25) is 0 Å². The van der Waals surface area contributed by atoms with Crippen molar-refractivity contribution in [3.63, 3.8) is 0 Å². The van der Waals surface area contributed by atoms with Crippen LogP contribution in [0.4, 0.5) is 9.93 Å². The molecule has 0 saturated carbocycles. The molecule has 0 fully saturated rings. The second kappa shape index (κ2) is 5.34. The average Bonchev–Trinajstić information content (AvgIpc) is 2.85. The van der Waals surface area contributed by atoms with Gasteiger partial charge in [-0.25, -0.2) is 14.6 Å². The first-order chi connectivity index (χ1) is 8.60. The molecule has 1 aliphatic rings. The lowest BCUT2D eigenvalue weighted by Gasteiger charge is -2.11. The predicted octanol–water partition coefficient (Wildman–Crippen LogP) is 1.62. The lowest BCUT2D eigenvalue weighted by Crippen LogP contribution is -2.42. The van der Waals surface area contributed by atoms with Gasteiger partial charge in [-0.1, -0.05) is 6.92 Å². The number of urea groups is 1. The van der Waals surface area contributed by atoms with Gasteiger partial charge in [0, 0.05) is 4.88 Å². The fraction of sp³-hybridized carbons (Fsp3) is 0.545. The summed E-state index contributed by atoms with van der Waals surface area (Å²) in [7, 11) is 0. The van der Waals surface area contributed by atoms with Gasteiger partial charge in [0.25, 0.3) is 0 Å². The van der Waals surface area contributed by atoms with Crippen molar-refractivity contribution in [2.75, 3.05) is 5.32 Å². The molecule has 1 aromatic heterocycles. The van der Waals surface area contributed by atoms with E-state index in [1.165, 1.54) is 16.2 Å². The van der Waals surface area contributed by atoms with Gasteiger partial charge in [-0.2, -0.15) is 0 Å². The number of hydrogen-bond acceptors (Lipinski definition) is 4. The molecule has 2 rings (SSSR count). The Balaban J connectivity index is 1.92.